The van der Waals surface area contributed by atoms with Crippen molar-refractivity contribution in [3.63, 3.8) is 0 Å². The summed E-state index contributed by atoms with van der Waals surface area (Å²) in [5.74, 6) is 2.20. The number of H-pyrrole nitrogens is 1. The highest BCUT2D eigenvalue weighted by Gasteiger charge is 2.17. The molecule has 3 N–H and O–H groups in total. The molecule has 1 unspecified atom stereocenters. The highest BCUT2D eigenvalue weighted by Crippen LogP contribution is 2.17. The summed E-state index contributed by atoms with van der Waals surface area (Å²) in [6.07, 6.45) is 2.48. The number of nitrogens with zero attached hydrogens (tertiary/aromatic N) is 3. The minimum absolute atomic E-state index is 0.505. The first-order chi connectivity index (χ1) is 10.1. The maximum absolute atomic E-state index is 6.12. The Bertz CT molecular complexity index is 658. The van der Waals surface area contributed by atoms with E-state index in [0.717, 1.165) is 29.9 Å². The second-order valence-electron chi connectivity index (χ2n) is 6.02. The molecule has 5 nitrogen and oxygen atoms in total. The van der Waals surface area contributed by atoms with Crippen molar-refractivity contribution in [3.8, 4) is 0 Å². The van der Waals surface area contributed by atoms with E-state index < -0.39 is 0 Å². The minimum atomic E-state index is 0.505. The number of piperidine rings is 1. The summed E-state index contributed by atoms with van der Waals surface area (Å²) in [5, 5.41) is 0. The van der Waals surface area contributed by atoms with Crippen LogP contribution in [0, 0.1) is 12.8 Å². The van der Waals surface area contributed by atoms with Crippen molar-refractivity contribution < 1.29 is 0 Å². The maximum atomic E-state index is 6.12. The number of guanidine groups is 1. The van der Waals surface area contributed by atoms with Gasteiger partial charge in [-0.2, -0.15) is 0 Å². The monoisotopic (exact) mass is 285 g/mol. The molecule has 0 radical (unpaired) electrons. The fourth-order valence-corrected chi connectivity index (χ4v) is 2.95. The van der Waals surface area contributed by atoms with Crippen molar-refractivity contribution >= 4 is 17.0 Å². The lowest BCUT2D eigenvalue weighted by Crippen LogP contribution is -2.43. The number of para-hydroxylation sites is 1. The molecule has 1 aromatic heterocycles. The van der Waals surface area contributed by atoms with Gasteiger partial charge in [0.2, 0.25) is 0 Å². The SMILES string of the molecule is Cc1cccc2[nH]c(CN=C(N)N3CCCC(C)C3)nc12. The van der Waals surface area contributed by atoms with Crippen LogP contribution in [-0.2, 0) is 6.54 Å². The van der Waals surface area contributed by atoms with Gasteiger partial charge in [-0.05, 0) is 37.3 Å². The molecule has 2 aromatic rings. The fourth-order valence-electron chi connectivity index (χ4n) is 2.95. The van der Waals surface area contributed by atoms with Crippen LogP contribution in [0.5, 0.6) is 0 Å². The van der Waals surface area contributed by atoms with Crippen molar-refractivity contribution in [2.75, 3.05) is 13.1 Å². The first kappa shape index (κ1) is 13.9. The Hall–Kier alpha value is -2.04. The Balaban J connectivity index is 1.72. The number of hydrogen-bond donors (Lipinski definition) is 2. The van der Waals surface area contributed by atoms with Gasteiger partial charge in [-0.1, -0.05) is 19.1 Å². The largest absolute Gasteiger partial charge is 0.370 e. The van der Waals surface area contributed by atoms with Crippen LogP contribution in [0.25, 0.3) is 11.0 Å². The Kier molecular flexibility index (Phi) is 3.82. The third-order valence-corrected chi connectivity index (χ3v) is 4.14. The zero-order valence-corrected chi connectivity index (χ0v) is 12.8. The molecular weight excluding hydrogens is 262 g/mol. The van der Waals surface area contributed by atoms with Crippen molar-refractivity contribution in [1.29, 1.82) is 0 Å². The fraction of sp³-hybridized carbons (Fsp3) is 0.500. The van der Waals surface area contributed by atoms with Crippen LogP contribution in [0.15, 0.2) is 23.2 Å². The van der Waals surface area contributed by atoms with Gasteiger partial charge in [0.1, 0.15) is 12.4 Å². The Morgan fingerprint density at radius 1 is 1.52 bits per heavy atom. The van der Waals surface area contributed by atoms with E-state index in [2.05, 4.69) is 39.8 Å². The van der Waals surface area contributed by atoms with Crippen LogP contribution in [0.4, 0.5) is 0 Å². The smallest absolute Gasteiger partial charge is 0.191 e. The number of hydrogen-bond acceptors (Lipinski definition) is 2. The second-order valence-corrected chi connectivity index (χ2v) is 6.02. The molecular formula is C16H23N5. The van der Waals surface area contributed by atoms with Gasteiger partial charge in [0.05, 0.1) is 11.0 Å². The highest BCUT2D eigenvalue weighted by molar-refractivity contribution is 5.79. The number of rotatable bonds is 2. The van der Waals surface area contributed by atoms with E-state index in [1.165, 1.54) is 18.4 Å². The molecule has 1 aliphatic heterocycles. The summed E-state index contributed by atoms with van der Waals surface area (Å²) in [6, 6.07) is 6.14. The molecule has 1 fully saturated rings. The molecule has 2 heterocycles. The molecule has 0 bridgehead atoms. The summed E-state index contributed by atoms with van der Waals surface area (Å²) in [6.45, 7) is 6.86. The Morgan fingerprint density at radius 3 is 3.14 bits per heavy atom. The zero-order chi connectivity index (χ0) is 14.8. The third-order valence-electron chi connectivity index (χ3n) is 4.14. The van der Waals surface area contributed by atoms with E-state index in [0.29, 0.717) is 18.4 Å². The molecule has 1 saturated heterocycles. The third kappa shape index (κ3) is 3.01. The molecule has 112 valence electrons. The van der Waals surface area contributed by atoms with Crippen LogP contribution < -0.4 is 5.73 Å². The van der Waals surface area contributed by atoms with Crippen molar-refractivity contribution in [2.24, 2.45) is 16.6 Å². The van der Waals surface area contributed by atoms with Crippen LogP contribution in [0.2, 0.25) is 0 Å². The number of nitrogens with two attached hydrogens (primary N) is 1. The summed E-state index contributed by atoms with van der Waals surface area (Å²) in [7, 11) is 0. The number of aromatic amines is 1. The number of likely N-dealkylation sites (tertiary alicyclic amines) is 1. The van der Waals surface area contributed by atoms with E-state index in [9.17, 15) is 0 Å². The van der Waals surface area contributed by atoms with Gasteiger partial charge in [0.25, 0.3) is 0 Å². The molecule has 3 rings (SSSR count). The van der Waals surface area contributed by atoms with Gasteiger partial charge in [-0.25, -0.2) is 9.98 Å². The Morgan fingerprint density at radius 2 is 2.38 bits per heavy atom. The Labute approximate surface area is 125 Å². The number of fused-ring (bicyclic) bond motifs is 1. The summed E-state index contributed by atoms with van der Waals surface area (Å²) in [4.78, 5) is 14.6. The van der Waals surface area contributed by atoms with Gasteiger partial charge in [-0.3, -0.25) is 0 Å². The first-order valence-electron chi connectivity index (χ1n) is 7.62. The van der Waals surface area contributed by atoms with Gasteiger partial charge in [0, 0.05) is 13.1 Å². The summed E-state index contributed by atoms with van der Waals surface area (Å²) >= 11 is 0. The van der Waals surface area contributed by atoms with Gasteiger partial charge in [0.15, 0.2) is 5.96 Å². The molecule has 0 aliphatic carbocycles. The average molecular weight is 285 g/mol. The van der Waals surface area contributed by atoms with Gasteiger partial charge >= 0.3 is 0 Å². The molecule has 5 heteroatoms. The molecule has 0 saturated carbocycles. The van der Waals surface area contributed by atoms with E-state index >= 15 is 0 Å². The number of aryl methyl sites for hydroxylation is 1. The highest BCUT2D eigenvalue weighted by atomic mass is 15.3. The molecule has 1 atom stereocenters. The van der Waals surface area contributed by atoms with Crippen LogP contribution in [-0.4, -0.2) is 33.9 Å². The van der Waals surface area contributed by atoms with E-state index in [-0.39, 0.29) is 0 Å². The van der Waals surface area contributed by atoms with Crippen molar-refractivity contribution in [3.05, 3.63) is 29.6 Å². The van der Waals surface area contributed by atoms with Gasteiger partial charge in [-0.15, -0.1) is 0 Å². The van der Waals surface area contributed by atoms with Crippen LogP contribution >= 0.6 is 0 Å². The topological polar surface area (TPSA) is 70.3 Å². The number of imidazole rings is 1. The van der Waals surface area contributed by atoms with Crippen LogP contribution in [0.3, 0.4) is 0 Å². The predicted molar refractivity (Wildman–Crippen MR) is 86.1 cm³/mol. The average Bonchev–Trinajstić information content (AvgIpc) is 2.89. The van der Waals surface area contributed by atoms with E-state index in [1.54, 1.807) is 0 Å². The second kappa shape index (κ2) is 5.76. The number of aromatic nitrogens is 2. The standard InChI is InChI=1S/C16H23N5/c1-11-5-4-8-21(10-11)16(17)18-9-14-19-13-7-3-6-12(2)15(13)20-14/h3,6-7,11H,4-5,8-10H2,1-2H3,(H2,17,18)(H,19,20). The molecule has 0 spiro atoms. The summed E-state index contributed by atoms with van der Waals surface area (Å²) < 4.78 is 0. The lowest BCUT2D eigenvalue weighted by molar-refractivity contribution is 0.270. The molecule has 0 amide bonds. The van der Waals surface area contributed by atoms with E-state index in [1.807, 2.05) is 12.1 Å². The molecule has 21 heavy (non-hydrogen) atoms. The zero-order valence-electron chi connectivity index (χ0n) is 12.8. The molecule has 1 aliphatic rings. The normalized spacial score (nSPS) is 20.2. The maximum Gasteiger partial charge on any atom is 0.191 e. The molecule has 1 aromatic carbocycles. The lowest BCUT2D eigenvalue weighted by atomic mass is 10.0. The van der Waals surface area contributed by atoms with Crippen molar-refractivity contribution in [1.82, 2.24) is 14.9 Å². The quantitative estimate of drug-likeness (QED) is 0.657. The first-order valence-corrected chi connectivity index (χ1v) is 7.62. The van der Waals surface area contributed by atoms with Crippen molar-refractivity contribution in [2.45, 2.75) is 33.2 Å². The number of benzene rings is 1. The minimum Gasteiger partial charge on any atom is -0.370 e. The van der Waals surface area contributed by atoms with Gasteiger partial charge < -0.3 is 15.6 Å². The van der Waals surface area contributed by atoms with Crippen LogP contribution in [0.1, 0.15) is 31.2 Å². The number of aliphatic imine (C=N–C) groups is 1. The lowest BCUT2D eigenvalue weighted by Gasteiger charge is -2.31. The van der Waals surface area contributed by atoms with E-state index in [4.69, 9.17) is 5.73 Å². The summed E-state index contributed by atoms with van der Waals surface area (Å²) in [5.41, 5.74) is 9.38. The predicted octanol–water partition coefficient (Wildman–Crippen LogP) is 2.42. The number of nitrogens with one attached hydrogen (secondary N) is 1.